The largest absolute Gasteiger partial charge is 0.321 e. The highest BCUT2D eigenvalue weighted by Crippen LogP contribution is 2.16. The van der Waals surface area contributed by atoms with Gasteiger partial charge in [-0.15, -0.1) is 0 Å². The third-order valence-corrected chi connectivity index (χ3v) is 3.94. The maximum atomic E-state index is 13.0. The van der Waals surface area contributed by atoms with Gasteiger partial charge in [0, 0.05) is 11.8 Å². The second-order valence-corrected chi connectivity index (χ2v) is 6.00. The van der Waals surface area contributed by atoms with Crippen LogP contribution in [0.5, 0.6) is 0 Å². The molecule has 0 spiro atoms. The summed E-state index contributed by atoms with van der Waals surface area (Å²) in [4.78, 5) is 24.7. The molecule has 29 heavy (non-hydrogen) atoms. The molecule has 0 radical (unpaired) electrons. The molecule has 0 bridgehead atoms. The van der Waals surface area contributed by atoms with Crippen molar-refractivity contribution in [3.8, 4) is 0 Å². The minimum absolute atomic E-state index is 0.257. The van der Waals surface area contributed by atoms with Crippen LogP contribution in [-0.2, 0) is 0 Å². The fraction of sp³-hybridized carbons (Fsp3) is 0. The van der Waals surface area contributed by atoms with Gasteiger partial charge in [-0.1, -0.05) is 48.5 Å². The lowest BCUT2D eigenvalue weighted by Gasteiger charge is -2.10. The summed E-state index contributed by atoms with van der Waals surface area (Å²) in [6, 6.07) is 21.4. The number of nitrogens with zero attached hydrogens (tertiary/aromatic N) is 1. The van der Waals surface area contributed by atoms with Crippen LogP contribution in [0.1, 0.15) is 26.3 Å². The van der Waals surface area contributed by atoms with E-state index in [1.807, 2.05) is 36.4 Å². The zero-order valence-corrected chi connectivity index (χ0v) is 15.4. The fourth-order valence-electron chi connectivity index (χ4n) is 2.50. The van der Waals surface area contributed by atoms with Gasteiger partial charge in [-0.05, 0) is 48.0 Å². The van der Waals surface area contributed by atoms with Crippen molar-refractivity contribution in [3.05, 3.63) is 107 Å². The van der Waals surface area contributed by atoms with Crippen LogP contribution in [0.2, 0.25) is 0 Å². The first-order valence-electron chi connectivity index (χ1n) is 8.84. The average molecular weight is 387 g/mol. The first kappa shape index (κ1) is 19.7. The summed E-state index contributed by atoms with van der Waals surface area (Å²) in [7, 11) is 0. The van der Waals surface area contributed by atoms with Gasteiger partial charge in [-0.25, -0.2) is 9.82 Å². The molecular weight excluding hydrogens is 369 g/mol. The minimum Gasteiger partial charge on any atom is -0.321 e. The number of halogens is 1. The van der Waals surface area contributed by atoms with Gasteiger partial charge >= 0.3 is 0 Å². The number of allylic oxidation sites excluding steroid dienone is 1. The fourth-order valence-corrected chi connectivity index (χ4v) is 2.50. The Bertz CT molecular complexity index is 1050. The van der Waals surface area contributed by atoms with Gasteiger partial charge in [0.25, 0.3) is 11.8 Å². The zero-order chi connectivity index (χ0) is 20.5. The molecule has 0 fully saturated rings. The average Bonchev–Trinajstić information content (AvgIpc) is 2.75. The second kappa shape index (κ2) is 9.75. The van der Waals surface area contributed by atoms with E-state index < -0.39 is 17.6 Å². The van der Waals surface area contributed by atoms with Crippen LogP contribution in [0.4, 0.5) is 10.1 Å². The molecule has 2 N–H and O–H groups in total. The summed E-state index contributed by atoms with van der Waals surface area (Å²) in [5.41, 5.74) is 4.31. The van der Waals surface area contributed by atoms with Gasteiger partial charge in [0.15, 0.2) is 0 Å². The van der Waals surface area contributed by atoms with E-state index in [-0.39, 0.29) is 11.1 Å². The molecule has 3 aromatic carbocycles. The normalized spacial score (nSPS) is 10.9. The summed E-state index contributed by atoms with van der Waals surface area (Å²) in [5, 5.41) is 6.55. The lowest BCUT2D eigenvalue weighted by atomic mass is 10.1. The summed E-state index contributed by atoms with van der Waals surface area (Å²) in [5.74, 6) is -1.34. The summed E-state index contributed by atoms with van der Waals surface area (Å²) in [6.45, 7) is 0. The van der Waals surface area contributed by atoms with Crippen molar-refractivity contribution in [2.45, 2.75) is 0 Å². The van der Waals surface area contributed by atoms with Gasteiger partial charge < -0.3 is 5.32 Å². The molecule has 3 rings (SSSR count). The molecule has 0 aliphatic rings. The predicted octanol–water partition coefficient (Wildman–Crippen LogP) is 4.51. The third-order valence-electron chi connectivity index (χ3n) is 3.94. The van der Waals surface area contributed by atoms with Crippen molar-refractivity contribution in [1.29, 1.82) is 0 Å². The van der Waals surface area contributed by atoms with Crippen molar-refractivity contribution in [3.63, 3.8) is 0 Å². The number of nitrogens with one attached hydrogen (secondary N) is 2. The Hall–Kier alpha value is -4.06. The number of anilines is 1. The van der Waals surface area contributed by atoms with Crippen LogP contribution in [-0.4, -0.2) is 18.0 Å². The van der Waals surface area contributed by atoms with E-state index in [4.69, 9.17) is 0 Å². The number of benzene rings is 3. The monoisotopic (exact) mass is 387 g/mol. The minimum atomic E-state index is -0.468. The Balaban J connectivity index is 1.64. The number of hydrogen-bond donors (Lipinski definition) is 2. The molecule has 3 aromatic rings. The molecule has 0 aromatic heterocycles. The van der Waals surface area contributed by atoms with Crippen LogP contribution >= 0.6 is 0 Å². The third kappa shape index (κ3) is 5.71. The topological polar surface area (TPSA) is 70.6 Å². The SMILES string of the molecule is O=C(Nc1ccccc1C(=O)N/N=C\C=C\c1ccccc1)c1ccc(F)cc1. The predicted molar refractivity (Wildman–Crippen MR) is 112 cm³/mol. The quantitative estimate of drug-likeness (QED) is 0.483. The van der Waals surface area contributed by atoms with E-state index in [2.05, 4.69) is 15.8 Å². The van der Waals surface area contributed by atoms with Crippen LogP contribution in [0, 0.1) is 5.82 Å². The van der Waals surface area contributed by atoms with Gasteiger partial charge in [0.1, 0.15) is 5.82 Å². The number of rotatable bonds is 6. The van der Waals surface area contributed by atoms with Gasteiger partial charge in [0.05, 0.1) is 11.3 Å². The van der Waals surface area contributed by atoms with Crippen molar-refractivity contribution in [1.82, 2.24) is 5.43 Å². The van der Waals surface area contributed by atoms with Crippen molar-refractivity contribution in [2.75, 3.05) is 5.32 Å². The highest BCUT2D eigenvalue weighted by Gasteiger charge is 2.13. The van der Waals surface area contributed by atoms with Crippen molar-refractivity contribution >= 4 is 29.8 Å². The Labute approximate surface area is 167 Å². The molecule has 0 atom stereocenters. The molecule has 0 aliphatic heterocycles. The van der Waals surface area contributed by atoms with Crippen LogP contribution in [0.15, 0.2) is 90.0 Å². The molecule has 0 saturated heterocycles. The second-order valence-electron chi connectivity index (χ2n) is 6.00. The van der Waals surface area contributed by atoms with Gasteiger partial charge in [-0.2, -0.15) is 5.10 Å². The molecule has 6 heteroatoms. The molecule has 0 heterocycles. The van der Waals surface area contributed by atoms with Crippen molar-refractivity contribution < 1.29 is 14.0 Å². The Kier molecular flexibility index (Phi) is 6.62. The Morgan fingerprint density at radius 1 is 0.828 bits per heavy atom. The van der Waals surface area contributed by atoms with Crippen LogP contribution in [0.25, 0.3) is 6.08 Å². The highest BCUT2D eigenvalue weighted by atomic mass is 19.1. The zero-order valence-electron chi connectivity index (χ0n) is 15.4. The summed E-state index contributed by atoms with van der Waals surface area (Å²) < 4.78 is 13.0. The van der Waals surface area contributed by atoms with E-state index in [0.29, 0.717) is 5.69 Å². The van der Waals surface area contributed by atoms with Crippen LogP contribution < -0.4 is 10.7 Å². The molecule has 0 unspecified atom stereocenters. The summed E-state index contributed by atoms with van der Waals surface area (Å²) >= 11 is 0. The van der Waals surface area contributed by atoms with Gasteiger partial charge in [0.2, 0.25) is 0 Å². The van der Waals surface area contributed by atoms with E-state index >= 15 is 0 Å². The molecule has 0 aliphatic carbocycles. The number of carbonyl (C=O) groups is 2. The van der Waals surface area contributed by atoms with E-state index in [0.717, 1.165) is 5.56 Å². The Morgan fingerprint density at radius 3 is 2.28 bits per heavy atom. The number of hydrogen-bond acceptors (Lipinski definition) is 3. The van der Waals surface area contributed by atoms with E-state index in [1.54, 1.807) is 30.3 Å². The van der Waals surface area contributed by atoms with Crippen molar-refractivity contribution in [2.24, 2.45) is 5.10 Å². The maximum absolute atomic E-state index is 13.0. The van der Waals surface area contributed by atoms with E-state index in [1.165, 1.54) is 30.5 Å². The lowest BCUT2D eigenvalue weighted by Crippen LogP contribution is -2.21. The maximum Gasteiger partial charge on any atom is 0.273 e. The molecule has 144 valence electrons. The Morgan fingerprint density at radius 2 is 1.52 bits per heavy atom. The molecule has 0 saturated carbocycles. The number of amides is 2. The standard InChI is InChI=1S/C23H18FN3O2/c24-19-14-12-18(13-15-19)22(28)26-21-11-5-4-10-20(21)23(29)27-25-16-6-9-17-7-2-1-3-8-17/h1-16H,(H,26,28)(H,27,29)/b9-6+,25-16-. The lowest BCUT2D eigenvalue weighted by molar-refractivity contribution is 0.0956. The summed E-state index contributed by atoms with van der Waals surface area (Å²) in [6.07, 6.45) is 5.02. The number of hydrazone groups is 1. The number of carbonyl (C=O) groups excluding carboxylic acids is 2. The first-order valence-corrected chi connectivity index (χ1v) is 8.84. The smallest absolute Gasteiger partial charge is 0.273 e. The van der Waals surface area contributed by atoms with Crippen LogP contribution in [0.3, 0.4) is 0 Å². The van der Waals surface area contributed by atoms with Gasteiger partial charge in [-0.3, -0.25) is 9.59 Å². The number of para-hydroxylation sites is 1. The highest BCUT2D eigenvalue weighted by molar-refractivity contribution is 6.09. The molecule has 5 nitrogen and oxygen atoms in total. The van der Waals surface area contributed by atoms with E-state index in [9.17, 15) is 14.0 Å². The molecular formula is C23H18FN3O2. The molecule has 2 amide bonds. The first-order chi connectivity index (χ1) is 14.1.